The van der Waals surface area contributed by atoms with Crippen molar-refractivity contribution in [3.05, 3.63) is 54.0 Å². The third kappa shape index (κ3) is 4.14. The minimum Gasteiger partial charge on any atom is -0.461 e. The fraction of sp³-hybridized carbons (Fsp3) is 0.211. The number of hydrogen-bond donors (Lipinski definition) is 1. The molecule has 1 heterocycles. The molecule has 1 N–H and O–H groups in total. The molecule has 0 saturated heterocycles. The Labute approximate surface area is 160 Å². The molecule has 3 rings (SSSR count). The van der Waals surface area contributed by atoms with Gasteiger partial charge in [-0.25, -0.2) is 17.6 Å². The summed E-state index contributed by atoms with van der Waals surface area (Å²) in [6.45, 7) is 2.13. The maximum Gasteiger partial charge on any atom is 0.356 e. The number of fused-ring (bicyclic) bond motifs is 1. The Balaban J connectivity index is 2.10. The van der Waals surface area contributed by atoms with Gasteiger partial charge in [0.25, 0.3) is 9.05 Å². The lowest BCUT2D eigenvalue weighted by molar-refractivity contribution is 0.0489. The van der Waals surface area contributed by atoms with Crippen molar-refractivity contribution in [2.45, 2.75) is 24.7 Å². The van der Waals surface area contributed by atoms with E-state index >= 15 is 0 Å². The van der Waals surface area contributed by atoms with Crippen molar-refractivity contribution >= 4 is 36.6 Å². The van der Waals surface area contributed by atoms with E-state index in [2.05, 4.69) is 4.98 Å². The number of ether oxygens (including phenoxy) is 1. The van der Waals surface area contributed by atoms with Gasteiger partial charge in [-0.15, -0.1) is 0 Å². The SMILES string of the molecule is CCCCOC(=O)c1[nH]c2cc(-c3ccc(F)cc3)ccc2c1S(=O)(=O)Cl. The molecule has 27 heavy (non-hydrogen) atoms. The van der Waals surface area contributed by atoms with Crippen LogP contribution in [0.2, 0.25) is 0 Å². The summed E-state index contributed by atoms with van der Waals surface area (Å²) in [5.41, 5.74) is 1.69. The van der Waals surface area contributed by atoms with E-state index in [1.807, 2.05) is 6.92 Å². The van der Waals surface area contributed by atoms with Gasteiger partial charge in [-0.2, -0.15) is 0 Å². The number of esters is 1. The van der Waals surface area contributed by atoms with Crippen LogP contribution in [0.5, 0.6) is 0 Å². The highest BCUT2D eigenvalue weighted by molar-refractivity contribution is 8.14. The fourth-order valence-corrected chi connectivity index (χ4v) is 4.07. The molecule has 0 fully saturated rings. The summed E-state index contributed by atoms with van der Waals surface area (Å²) in [5, 5.41) is 0.290. The third-order valence-corrected chi connectivity index (χ3v) is 5.48. The van der Waals surface area contributed by atoms with Crippen LogP contribution in [-0.4, -0.2) is 26.0 Å². The number of H-pyrrole nitrogens is 1. The number of nitrogens with one attached hydrogen (secondary N) is 1. The predicted molar refractivity (Wildman–Crippen MR) is 102 cm³/mol. The van der Waals surface area contributed by atoms with Gasteiger partial charge in [-0.1, -0.05) is 37.6 Å². The lowest BCUT2D eigenvalue weighted by Crippen LogP contribution is -2.10. The Kier molecular flexibility index (Phi) is 5.53. The number of halogens is 2. The van der Waals surface area contributed by atoms with E-state index in [9.17, 15) is 17.6 Å². The van der Waals surface area contributed by atoms with Crippen molar-refractivity contribution in [2.75, 3.05) is 6.61 Å². The van der Waals surface area contributed by atoms with Crippen molar-refractivity contribution < 1.29 is 22.3 Å². The molecule has 3 aromatic rings. The van der Waals surface area contributed by atoms with Crippen molar-refractivity contribution in [1.29, 1.82) is 0 Å². The molecule has 1 aromatic heterocycles. The molecule has 0 unspecified atom stereocenters. The number of hydrogen-bond acceptors (Lipinski definition) is 4. The first-order valence-electron chi connectivity index (χ1n) is 8.34. The average molecular weight is 410 g/mol. The van der Waals surface area contributed by atoms with Crippen LogP contribution in [0.1, 0.15) is 30.3 Å². The van der Waals surface area contributed by atoms with Crippen LogP contribution in [0.4, 0.5) is 4.39 Å². The molecule has 0 aliphatic heterocycles. The van der Waals surface area contributed by atoms with Gasteiger partial charge < -0.3 is 9.72 Å². The molecular weight excluding hydrogens is 393 g/mol. The van der Waals surface area contributed by atoms with E-state index < -0.39 is 15.0 Å². The molecule has 5 nitrogen and oxygen atoms in total. The van der Waals surface area contributed by atoms with Crippen molar-refractivity contribution in [3.63, 3.8) is 0 Å². The van der Waals surface area contributed by atoms with E-state index in [0.717, 1.165) is 17.5 Å². The van der Waals surface area contributed by atoms with Gasteiger partial charge in [0.05, 0.1) is 6.61 Å². The Bertz CT molecular complexity index is 1090. The highest BCUT2D eigenvalue weighted by atomic mass is 35.7. The van der Waals surface area contributed by atoms with Crippen LogP contribution in [0.3, 0.4) is 0 Å². The van der Waals surface area contributed by atoms with Gasteiger partial charge in [0, 0.05) is 21.6 Å². The second kappa shape index (κ2) is 7.70. The van der Waals surface area contributed by atoms with Crippen LogP contribution >= 0.6 is 10.7 Å². The molecule has 2 aromatic carbocycles. The van der Waals surface area contributed by atoms with Crippen LogP contribution in [-0.2, 0) is 13.8 Å². The summed E-state index contributed by atoms with van der Waals surface area (Å²) in [7, 11) is 1.38. The van der Waals surface area contributed by atoms with Gasteiger partial charge >= 0.3 is 5.97 Å². The zero-order chi connectivity index (χ0) is 19.6. The molecule has 0 bridgehead atoms. The first kappa shape index (κ1) is 19.4. The van der Waals surface area contributed by atoms with Crippen LogP contribution in [0.25, 0.3) is 22.0 Å². The molecule has 8 heteroatoms. The second-order valence-corrected chi connectivity index (χ2v) is 8.53. The topological polar surface area (TPSA) is 76.2 Å². The Morgan fingerprint density at radius 2 is 1.81 bits per heavy atom. The molecule has 0 atom stereocenters. The van der Waals surface area contributed by atoms with Gasteiger partial charge in [0.2, 0.25) is 0 Å². The van der Waals surface area contributed by atoms with Crippen LogP contribution in [0, 0.1) is 5.82 Å². The van der Waals surface area contributed by atoms with Gasteiger partial charge in [0.1, 0.15) is 16.4 Å². The lowest BCUT2D eigenvalue weighted by Gasteiger charge is -2.03. The Morgan fingerprint density at radius 1 is 1.15 bits per heavy atom. The molecule has 142 valence electrons. The number of carbonyl (C=O) groups excluding carboxylic acids is 1. The van der Waals surface area contributed by atoms with Crippen molar-refractivity contribution in [1.82, 2.24) is 4.98 Å². The van der Waals surface area contributed by atoms with E-state index in [-0.39, 0.29) is 23.0 Å². The number of aromatic amines is 1. The van der Waals surface area contributed by atoms with E-state index in [0.29, 0.717) is 17.3 Å². The Hall–Kier alpha value is -2.38. The first-order chi connectivity index (χ1) is 12.8. The van der Waals surface area contributed by atoms with E-state index in [4.69, 9.17) is 15.4 Å². The zero-order valence-corrected chi connectivity index (χ0v) is 16.0. The summed E-state index contributed by atoms with van der Waals surface area (Å²) < 4.78 is 42.4. The zero-order valence-electron chi connectivity index (χ0n) is 14.5. The first-order valence-corrected chi connectivity index (χ1v) is 10.7. The van der Waals surface area contributed by atoms with Gasteiger partial charge in [-0.3, -0.25) is 0 Å². The van der Waals surface area contributed by atoms with Crippen LogP contribution in [0.15, 0.2) is 47.4 Å². The molecule has 0 saturated carbocycles. The summed E-state index contributed by atoms with van der Waals surface area (Å²) in [5.74, 6) is -1.13. The largest absolute Gasteiger partial charge is 0.461 e. The number of rotatable bonds is 6. The van der Waals surface area contributed by atoms with Crippen molar-refractivity contribution in [2.24, 2.45) is 0 Å². The molecule has 0 amide bonds. The molecule has 0 aliphatic carbocycles. The smallest absolute Gasteiger partial charge is 0.356 e. The minimum atomic E-state index is -4.18. The van der Waals surface area contributed by atoms with E-state index in [1.165, 1.54) is 12.1 Å². The lowest BCUT2D eigenvalue weighted by atomic mass is 10.0. The average Bonchev–Trinajstić information content (AvgIpc) is 3.01. The Morgan fingerprint density at radius 3 is 2.44 bits per heavy atom. The predicted octanol–water partition coefficient (Wildman–Crippen LogP) is 4.86. The van der Waals surface area contributed by atoms with Crippen LogP contribution < -0.4 is 0 Å². The highest BCUT2D eigenvalue weighted by Crippen LogP contribution is 2.33. The highest BCUT2D eigenvalue weighted by Gasteiger charge is 2.27. The number of benzene rings is 2. The maximum atomic E-state index is 13.1. The number of aromatic nitrogens is 1. The second-order valence-electron chi connectivity index (χ2n) is 6.02. The third-order valence-electron chi connectivity index (χ3n) is 4.11. The van der Waals surface area contributed by atoms with Gasteiger partial charge in [0.15, 0.2) is 0 Å². The maximum absolute atomic E-state index is 13.1. The van der Waals surface area contributed by atoms with E-state index in [1.54, 1.807) is 30.3 Å². The summed E-state index contributed by atoms with van der Waals surface area (Å²) in [6, 6.07) is 10.8. The molecule has 0 radical (unpaired) electrons. The number of unbranched alkanes of at least 4 members (excludes halogenated alkanes) is 1. The number of carbonyl (C=O) groups is 1. The quantitative estimate of drug-likeness (QED) is 0.358. The molecule has 0 spiro atoms. The minimum absolute atomic E-state index is 0.188. The van der Waals surface area contributed by atoms with Gasteiger partial charge in [-0.05, 0) is 35.7 Å². The molecule has 0 aliphatic rings. The standard InChI is InChI=1S/C19H17ClFNO4S/c1-2-3-10-26-19(23)17-18(27(20,24)25)15-9-6-13(11-16(15)22-17)12-4-7-14(21)8-5-12/h4-9,11,22H,2-3,10H2,1H3. The summed E-state index contributed by atoms with van der Waals surface area (Å²) in [4.78, 5) is 14.8. The van der Waals surface area contributed by atoms with Crippen molar-refractivity contribution in [3.8, 4) is 11.1 Å². The monoisotopic (exact) mass is 409 g/mol. The molecular formula is C19H17ClFNO4S. The fourth-order valence-electron chi connectivity index (χ4n) is 2.77. The summed E-state index contributed by atoms with van der Waals surface area (Å²) >= 11 is 0. The summed E-state index contributed by atoms with van der Waals surface area (Å²) in [6.07, 6.45) is 1.51. The normalized spacial score (nSPS) is 11.7.